The molecule has 1 saturated heterocycles. The van der Waals surface area contributed by atoms with Crippen LogP contribution in [0.3, 0.4) is 0 Å². The molecule has 160 valence electrons. The van der Waals surface area contributed by atoms with E-state index >= 15 is 0 Å². The van der Waals surface area contributed by atoms with Gasteiger partial charge in [0.1, 0.15) is 12.3 Å². The second-order valence-corrected chi connectivity index (χ2v) is 8.05. The van der Waals surface area contributed by atoms with E-state index in [2.05, 4.69) is 30.3 Å². The maximum Gasteiger partial charge on any atom is 0.322 e. The van der Waals surface area contributed by atoms with Gasteiger partial charge < -0.3 is 20.1 Å². The summed E-state index contributed by atoms with van der Waals surface area (Å²) in [5.41, 5.74) is 1.21. The second-order valence-electron chi connectivity index (χ2n) is 8.05. The molecule has 1 aliphatic rings. The van der Waals surface area contributed by atoms with Crippen LogP contribution in [0.15, 0.2) is 24.3 Å². The van der Waals surface area contributed by atoms with Gasteiger partial charge in [-0.05, 0) is 50.6 Å². The molecule has 7 heteroatoms. The van der Waals surface area contributed by atoms with Crippen molar-refractivity contribution in [2.75, 3.05) is 26.7 Å². The minimum atomic E-state index is -1.13. The first-order valence-corrected chi connectivity index (χ1v) is 10.2. The van der Waals surface area contributed by atoms with E-state index in [1.54, 1.807) is 13.0 Å². The van der Waals surface area contributed by atoms with Crippen LogP contribution in [0.5, 0.6) is 5.75 Å². The topological polar surface area (TPSA) is 95.9 Å². The van der Waals surface area contributed by atoms with Crippen LogP contribution in [0.2, 0.25) is 0 Å². The molecule has 1 heterocycles. The summed E-state index contributed by atoms with van der Waals surface area (Å²) in [5, 5.41) is 10.9. The van der Waals surface area contributed by atoms with Crippen LogP contribution >= 0.6 is 0 Å². The fourth-order valence-electron chi connectivity index (χ4n) is 3.99. The summed E-state index contributed by atoms with van der Waals surface area (Å²) in [6.45, 7) is 5.38. The molecule has 0 aliphatic carbocycles. The van der Waals surface area contributed by atoms with E-state index in [1.807, 2.05) is 12.1 Å². The van der Waals surface area contributed by atoms with E-state index in [0.29, 0.717) is 5.75 Å². The maximum absolute atomic E-state index is 12.3. The Labute approximate surface area is 172 Å². The van der Waals surface area contributed by atoms with Crippen molar-refractivity contribution in [3.8, 4) is 5.75 Å². The number of ether oxygens (including phenoxy) is 1. The van der Waals surface area contributed by atoms with Crippen LogP contribution in [0.4, 0.5) is 0 Å². The third-order valence-corrected chi connectivity index (χ3v) is 5.71. The van der Waals surface area contributed by atoms with Crippen molar-refractivity contribution in [1.82, 2.24) is 10.2 Å². The Balaban J connectivity index is 2.04. The summed E-state index contributed by atoms with van der Waals surface area (Å²) in [5.74, 6) is -2.31. The van der Waals surface area contributed by atoms with Gasteiger partial charge in [-0.25, -0.2) is 0 Å². The first-order valence-electron chi connectivity index (χ1n) is 10.2. The zero-order valence-electron chi connectivity index (χ0n) is 17.6. The van der Waals surface area contributed by atoms with Gasteiger partial charge in [0.25, 0.3) is 0 Å². The number of likely N-dealkylation sites (N-methyl/N-ethyl adjacent to an activating group) is 1. The van der Waals surface area contributed by atoms with Crippen LogP contribution in [-0.2, 0) is 19.8 Å². The lowest BCUT2D eigenvalue weighted by molar-refractivity contribution is -0.140. The molecule has 7 nitrogen and oxygen atoms in total. The Morgan fingerprint density at radius 1 is 1.31 bits per heavy atom. The third-order valence-electron chi connectivity index (χ3n) is 5.71. The molecule has 1 aromatic carbocycles. The van der Waals surface area contributed by atoms with E-state index in [1.165, 1.54) is 18.4 Å². The zero-order valence-corrected chi connectivity index (χ0v) is 17.6. The quantitative estimate of drug-likeness (QED) is 0.511. The van der Waals surface area contributed by atoms with Crippen LogP contribution in [0, 0.1) is 5.92 Å². The molecule has 1 aromatic rings. The number of rotatable bonds is 8. The average molecular weight is 405 g/mol. The van der Waals surface area contributed by atoms with Crippen molar-refractivity contribution >= 4 is 17.8 Å². The molecule has 0 spiro atoms. The Kier molecular flexibility index (Phi) is 8.20. The summed E-state index contributed by atoms with van der Waals surface area (Å²) in [4.78, 5) is 37.0. The molecule has 0 aromatic heterocycles. The number of likely N-dealkylation sites (tertiary alicyclic amines) is 1. The van der Waals surface area contributed by atoms with Crippen molar-refractivity contribution in [3.05, 3.63) is 29.8 Å². The predicted molar refractivity (Wildman–Crippen MR) is 110 cm³/mol. The first-order chi connectivity index (χ1) is 13.8. The standard InChI is InChI=1S/C22H32N2O5/c1-4-22(10-5-6-11-24(3)15-22)17-8-7-9-18(13-17)29-20(27)12-16(2)21(28)23-14-19(25)26/h7-9,13,16H,4-6,10-12,14-15H2,1-3H3,(H,23,28)(H,25,26). The normalized spacial score (nSPS) is 21.1. The van der Waals surface area contributed by atoms with Crippen molar-refractivity contribution in [2.24, 2.45) is 5.92 Å². The molecule has 29 heavy (non-hydrogen) atoms. The first kappa shape index (κ1) is 22.9. The predicted octanol–water partition coefficient (Wildman–Crippen LogP) is 2.58. The summed E-state index contributed by atoms with van der Waals surface area (Å²) >= 11 is 0. The summed E-state index contributed by atoms with van der Waals surface area (Å²) in [6, 6.07) is 7.70. The Morgan fingerprint density at radius 2 is 2.07 bits per heavy atom. The lowest BCUT2D eigenvalue weighted by atomic mass is 9.74. The van der Waals surface area contributed by atoms with E-state index in [0.717, 1.165) is 25.9 Å². The lowest BCUT2D eigenvalue weighted by Gasteiger charge is -2.35. The molecular formula is C22H32N2O5. The molecule has 0 radical (unpaired) electrons. The minimum Gasteiger partial charge on any atom is -0.480 e. The van der Waals surface area contributed by atoms with E-state index in [9.17, 15) is 14.4 Å². The molecule has 1 fully saturated rings. The van der Waals surface area contributed by atoms with E-state index < -0.39 is 30.3 Å². The van der Waals surface area contributed by atoms with Gasteiger partial charge in [0.2, 0.25) is 5.91 Å². The fourth-order valence-corrected chi connectivity index (χ4v) is 3.99. The number of carbonyl (C=O) groups excluding carboxylic acids is 2. The minimum absolute atomic E-state index is 0.0394. The summed E-state index contributed by atoms with van der Waals surface area (Å²) in [7, 11) is 2.15. The number of carboxylic acids is 1. The van der Waals surface area contributed by atoms with Crippen molar-refractivity contribution in [2.45, 2.75) is 51.4 Å². The second kappa shape index (κ2) is 10.4. The van der Waals surface area contributed by atoms with Crippen molar-refractivity contribution < 1.29 is 24.2 Å². The highest BCUT2D eigenvalue weighted by Gasteiger charge is 2.33. The van der Waals surface area contributed by atoms with Gasteiger partial charge in [-0.2, -0.15) is 0 Å². The van der Waals surface area contributed by atoms with Gasteiger partial charge in [0.05, 0.1) is 6.42 Å². The Morgan fingerprint density at radius 3 is 2.76 bits per heavy atom. The van der Waals surface area contributed by atoms with Crippen molar-refractivity contribution in [1.29, 1.82) is 0 Å². The number of esters is 1. The SMILES string of the molecule is CCC1(c2cccc(OC(=O)CC(C)C(=O)NCC(=O)O)c2)CCCCN(C)C1. The largest absolute Gasteiger partial charge is 0.480 e. The molecule has 2 N–H and O–H groups in total. The van der Waals surface area contributed by atoms with Gasteiger partial charge in [0, 0.05) is 17.9 Å². The maximum atomic E-state index is 12.3. The van der Waals surface area contributed by atoms with E-state index in [-0.39, 0.29) is 11.8 Å². The molecule has 2 rings (SSSR count). The number of carbonyl (C=O) groups is 3. The Hall–Kier alpha value is -2.41. The van der Waals surface area contributed by atoms with Crippen LogP contribution in [0.25, 0.3) is 0 Å². The number of aliphatic carboxylic acids is 1. The molecular weight excluding hydrogens is 372 g/mol. The number of hydrogen-bond acceptors (Lipinski definition) is 5. The van der Waals surface area contributed by atoms with Gasteiger partial charge >= 0.3 is 11.9 Å². The highest BCUT2D eigenvalue weighted by Crippen LogP contribution is 2.37. The van der Waals surface area contributed by atoms with E-state index in [4.69, 9.17) is 9.84 Å². The molecule has 2 atom stereocenters. The highest BCUT2D eigenvalue weighted by atomic mass is 16.5. The highest BCUT2D eigenvalue weighted by molar-refractivity contribution is 5.86. The molecule has 0 saturated carbocycles. The molecule has 1 amide bonds. The summed E-state index contributed by atoms with van der Waals surface area (Å²) < 4.78 is 5.49. The third kappa shape index (κ3) is 6.56. The number of carboxylic acid groups (broad SMARTS) is 1. The van der Waals surface area contributed by atoms with Gasteiger partial charge in [-0.15, -0.1) is 0 Å². The number of nitrogens with zero attached hydrogens (tertiary/aromatic N) is 1. The summed E-state index contributed by atoms with van der Waals surface area (Å²) in [6.07, 6.45) is 4.36. The van der Waals surface area contributed by atoms with Gasteiger partial charge in [-0.3, -0.25) is 14.4 Å². The monoisotopic (exact) mass is 404 g/mol. The van der Waals surface area contributed by atoms with Crippen LogP contribution < -0.4 is 10.1 Å². The number of amides is 1. The lowest BCUT2D eigenvalue weighted by Crippen LogP contribution is -2.37. The zero-order chi connectivity index (χ0) is 21.4. The Bertz CT molecular complexity index is 736. The molecule has 0 bridgehead atoms. The van der Waals surface area contributed by atoms with Crippen molar-refractivity contribution in [3.63, 3.8) is 0 Å². The number of nitrogens with one attached hydrogen (secondary N) is 1. The number of hydrogen-bond donors (Lipinski definition) is 2. The van der Waals surface area contributed by atoms with Crippen LogP contribution in [-0.4, -0.2) is 54.5 Å². The fraction of sp³-hybridized carbons (Fsp3) is 0.591. The smallest absolute Gasteiger partial charge is 0.322 e. The molecule has 2 unspecified atom stereocenters. The average Bonchev–Trinajstić information content (AvgIpc) is 2.88. The van der Waals surface area contributed by atoms with Gasteiger partial charge in [0.15, 0.2) is 0 Å². The van der Waals surface area contributed by atoms with Crippen LogP contribution in [0.1, 0.15) is 51.5 Å². The molecule has 1 aliphatic heterocycles. The number of benzene rings is 1. The van der Waals surface area contributed by atoms with Gasteiger partial charge in [-0.1, -0.05) is 32.4 Å².